The number of aliphatic hydroxyl groups excluding tert-OH is 1. The second-order valence-electron chi connectivity index (χ2n) is 6.93. The number of carboxylic acids is 1. The minimum atomic E-state index is -1.57. The molecule has 0 fully saturated rings. The van der Waals surface area contributed by atoms with Crippen LogP contribution in [0.2, 0.25) is 0 Å². The molecule has 32 heavy (non-hydrogen) atoms. The van der Waals surface area contributed by atoms with Gasteiger partial charge < -0.3 is 49.1 Å². The van der Waals surface area contributed by atoms with Gasteiger partial charge in [0.15, 0.2) is 5.96 Å². The zero-order valence-electron chi connectivity index (χ0n) is 17.7. The Morgan fingerprint density at radius 3 is 2.00 bits per heavy atom. The Morgan fingerprint density at radius 1 is 0.906 bits per heavy atom. The lowest BCUT2D eigenvalue weighted by molar-refractivity contribution is -0.143. The summed E-state index contributed by atoms with van der Waals surface area (Å²) in [7, 11) is 0. The fourth-order valence-electron chi connectivity index (χ4n) is 2.34. The van der Waals surface area contributed by atoms with Crippen molar-refractivity contribution in [3.8, 4) is 0 Å². The van der Waals surface area contributed by atoms with Crippen molar-refractivity contribution < 1.29 is 34.2 Å². The van der Waals surface area contributed by atoms with Crippen LogP contribution in [0.4, 0.5) is 0 Å². The number of aliphatic carboxylic acids is 1. The summed E-state index contributed by atoms with van der Waals surface area (Å²) in [6.45, 7) is 0.632. The SMILES string of the molecule is CC(NC(=O)C(N)CCC(N)=O)C(=O)NC(CCCN=C(N)N)C(=O)NC(CO)C(=O)O. The maximum atomic E-state index is 12.5. The van der Waals surface area contributed by atoms with Crippen LogP contribution in [0.1, 0.15) is 32.6 Å². The number of nitrogens with one attached hydrogen (secondary N) is 3. The van der Waals surface area contributed by atoms with E-state index < -0.39 is 60.4 Å². The summed E-state index contributed by atoms with van der Waals surface area (Å²) < 4.78 is 0. The number of nitrogens with zero attached hydrogens (tertiary/aromatic N) is 1. The quantitative estimate of drug-likeness (QED) is 0.0638. The van der Waals surface area contributed by atoms with Crippen LogP contribution in [0.25, 0.3) is 0 Å². The third kappa shape index (κ3) is 11.7. The van der Waals surface area contributed by atoms with E-state index in [1.54, 1.807) is 0 Å². The summed E-state index contributed by atoms with van der Waals surface area (Å²) in [5.41, 5.74) is 21.1. The highest BCUT2D eigenvalue weighted by molar-refractivity contribution is 5.94. The molecule has 0 aliphatic carbocycles. The number of rotatable bonds is 15. The molecular formula is C17H32N8O7. The molecule has 4 unspecified atom stereocenters. The molecule has 0 aromatic rings. The van der Waals surface area contributed by atoms with Crippen molar-refractivity contribution in [3.63, 3.8) is 0 Å². The average molecular weight is 460 g/mol. The zero-order chi connectivity index (χ0) is 24.8. The van der Waals surface area contributed by atoms with Crippen LogP contribution in [0.15, 0.2) is 4.99 Å². The molecule has 0 aliphatic heterocycles. The molecule has 13 N–H and O–H groups in total. The Hall–Kier alpha value is -3.46. The number of nitrogens with two attached hydrogens (primary N) is 4. The first-order valence-corrected chi connectivity index (χ1v) is 9.73. The van der Waals surface area contributed by atoms with Gasteiger partial charge in [-0.3, -0.25) is 24.2 Å². The molecule has 0 aromatic heterocycles. The fourth-order valence-corrected chi connectivity index (χ4v) is 2.34. The Balaban J connectivity index is 5.08. The maximum absolute atomic E-state index is 12.5. The number of carbonyl (C=O) groups excluding carboxylic acids is 4. The minimum Gasteiger partial charge on any atom is -0.480 e. The lowest BCUT2D eigenvalue weighted by Crippen LogP contribution is -2.56. The van der Waals surface area contributed by atoms with E-state index in [2.05, 4.69) is 20.9 Å². The van der Waals surface area contributed by atoms with Gasteiger partial charge >= 0.3 is 5.97 Å². The Labute approximate surface area is 184 Å². The van der Waals surface area contributed by atoms with Crippen molar-refractivity contribution in [1.82, 2.24) is 16.0 Å². The number of carbonyl (C=O) groups is 5. The number of hydrogen-bond acceptors (Lipinski definition) is 8. The number of carboxylic acid groups (broad SMARTS) is 1. The molecule has 182 valence electrons. The average Bonchev–Trinajstić information content (AvgIpc) is 2.71. The van der Waals surface area contributed by atoms with Crippen molar-refractivity contribution in [2.24, 2.45) is 27.9 Å². The molecule has 4 amide bonds. The highest BCUT2D eigenvalue weighted by atomic mass is 16.4. The van der Waals surface area contributed by atoms with Gasteiger partial charge in [0.1, 0.15) is 18.1 Å². The van der Waals surface area contributed by atoms with E-state index >= 15 is 0 Å². The normalized spacial score (nSPS) is 14.2. The van der Waals surface area contributed by atoms with E-state index in [1.165, 1.54) is 6.92 Å². The van der Waals surface area contributed by atoms with Gasteiger partial charge in [0, 0.05) is 13.0 Å². The van der Waals surface area contributed by atoms with E-state index in [9.17, 15) is 24.0 Å². The summed E-state index contributed by atoms with van der Waals surface area (Å²) >= 11 is 0. The molecule has 0 aromatic carbocycles. The molecule has 0 spiro atoms. The molecule has 0 saturated heterocycles. The third-order valence-corrected chi connectivity index (χ3v) is 4.17. The second-order valence-corrected chi connectivity index (χ2v) is 6.93. The van der Waals surface area contributed by atoms with Crippen LogP contribution >= 0.6 is 0 Å². The van der Waals surface area contributed by atoms with E-state index in [1.807, 2.05) is 0 Å². The monoisotopic (exact) mass is 460 g/mol. The van der Waals surface area contributed by atoms with E-state index in [4.69, 9.17) is 33.1 Å². The highest BCUT2D eigenvalue weighted by Gasteiger charge is 2.28. The number of amides is 4. The zero-order valence-corrected chi connectivity index (χ0v) is 17.7. The van der Waals surface area contributed by atoms with Crippen LogP contribution < -0.4 is 38.9 Å². The van der Waals surface area contributed by atoms with Gasteiger partial charge in [-0.2, -0.15) is 0 Å². The third-order valence-electron chi connectivity index (χ3n) is 4.17. The molecular weight excluding hydrogens is 428 g/mol. The minimum absolute atomic E-state index is 0.0108. The Kier molecular flexibility index (Phi) is 13.0. The van der Waals surface area contributed by atoms with Crippen molar-refractivity contribution in [3.05, 3.63) is 0 Å². The van der Waals surface area contributed by atoms with Crippen molar-refractivity contribution in [2.75, 3.05) is 13.2 Å². The number of guanidine groups is 1. The fraction of sp³-hybridized carbons (Fsp3) is 0.647. The molecule has 0 saturated carbocycles. The summed E-state index contributed by atoms with van der Waals surface area (Å²) in [6, 6.07) is -4.95. The lowest BCUT2D eigenvalue weighted by Gasteiger charge is -2.23. The van der Waals surface area contributed by atoms with Crippen LogP contribution in [0, 0.1) is 0 Å². The number of hydrogen-bond donors (Lipinski definition) is 9. The summed E-state index contributed by atoms with van der Waals surface area (Å²) in [5.74, 6) is -4.56. The number of aliphatic imine (C=N–C) groups is 1. The van der Waals surface area contributed by atoms with Crippen LogP contribution in [0.5, 0.6) is 0 Å². The van der Waals surface area contributed by atoms with Crippen LogP contribution in [0.3, 0.4) is 0 Å². The molecule has 0 bridgehead atoms. The first-order valence-electron chi connectivity index (χ1n) is 9.73. The molecule has 15 heteroatoms. The van der Waals surface area contributed by atoms with Gasteiger partial charge in [0.25, 0.3) is 0 Å². The van der Waals surface area contributed by atoms with Crippen LogP contribution in [-0.2, 0) is 24.0 Å². The summed E-state index contributed by atoms with van der Waals surface area (Å²) in [5, 5.41) is 24.9. The van der Waals surface area contributed by atoms with Gasteiger partial charge in [-0.1, -0.05) is 0 Å². The summed E-state index contributed by atoms with van der Waals surface area (Å²) in [4.78, 5) is 62.5. The second kappa shape index (κ2) is 14.5. The van der Waals surface area contributed by atoms with Gasteiger partial charge in [-0.25, -0.2) is 4.79 Å². The first kappa shape index (κ1) is 28.5. The van der Waals surface area contributed by atoms with E-state index in [0.29, 0.717) is 0 Å². The van der Waals surface area contributed by atoms with Crippen molar-refractivity contribution >= 4 is 35.6 Å². The smallest absolute Gasteiger partial charge is 0.328 e. The van der Waals surface area contributed by atoms with Gasteiger partial charge in [-0.15, -0.1) is 0 Å². The molecule has 4 atom stereocenters. The largest absolute Gasteiger partial charge is 0.480 e. The van der Waals surface area contributed by atoms with Gasteiger partial charge in [0.05, 0.1) is 12.6 Å². The predicted octanol–water partition coefficient (Wildman–Crippen LogP) is -4.82. The maximum Gasteiger partial charge on any atom is 0.328 e. The Bertz CT molecular complexity index is 711. The highest BCUT2D eigenvalue weighted by Crippen LogP contribution is 2.02. The van der Waals surface area contributed by atoms with Gasteiger partial charge in [-0.05, 0) is 26.2 Å². The van der Waals surface area contributed by atoms with E-state index in [-0.39, 0.29) is 38.2 Å². The van der Waals surface area contributed by atoms with E-state index in [0.717, 1.165) is 0 Å². The van der Waals surface area contributed by atoms with Crippen LogP contribution in [-0.4, -0.2) is 83.1 Å². The molecule has 0 heterocycles. The molecule has 0 radical (unpaired) electrons. The van der Waals surface area contributed by atoms with Gasteiger partial charge in [0.2, 0.25) is 23.6 Å². The lowest BCUT2D eigenvalue weighted by atomic mass is 10.1. The molecule has 0 rings (SSSR count). The predicted molar refractivity (Wildman–Crippen MR) is 113 cm³/mol. The topological polar surface area (TPSA) is 278 Å². The number of aliphatic hydroxyl groups is 1. The first-order chi connectivity index (χ1) is 14.9. The summed E-state index contributed by atoms with van der Waals surface area (Å²) in [6.07, 6.45) is 0.169. The molecule has 15 nitrogen and oxygen atoms in total. The van der Waals surface area contributed by atoms with Crippen molar-refractivity contribution in [2.45, 2.75) is 56.8 Å². The standard InChI is InChI=1S/C17H32N8O7/c1-8(23-14(29)9(18)4-5-12(19)27)13(28)24-10(3-2-6-22-17(20)21)15(30)25-11(7-26)16(31)32/h8-11,26H,2-7,18H2,1H3,(H2,19,27)(H,23,29)(H,24,28)(H,25,30)(H,31,32)(H4,20,21,22). The van der Waals surface area contributed by atoms with Crippen molar-refractivity contribution in [1.29, 1.82) is 0 Å². The Morgan fingerprint density at radius 2 is 1.50 bits per heavy atom. The number of primary amides is 1. The molecule has 0 aliphatic rings.